The third kappa shape index (κ3) is 4.28. The molecule has 2 heterocycles. The summed E-state index contributed by atoms with van der Waals surface area (Å²) in [5.74, 6) is 1.56. The normalized spacial score (nSPS) is 15.2. The molecule has 152 valence electrons. The van der Waals surface area contributed by atoms with Gasteiger partial charge in [-0.1, -0.05) is 6.08 Å². The summed E-state index contributed by atoms with van der Waals surface area (Å²) in [6.07, 6.45) is 5.93. The first-order chi connectivity index (χ1) is 13.5. The molecule has 0 amide bonds. The zero-order valence-electron chi connectivity index (χ0n) is 16.5. The number of nitrogen functional groups attached to an aromatic ring is 1. The first-order valence-corrected chi connectivity index (χ1v) is 9.46. The average Bonchev–Trinajstić information content (AvgIpc) is 3.10. The lowest BCUT2D eigenvalue weighted by atomic mass is 10.0. The highest BCUT2D eigenvalue weighted by molar-refractivity contribution is 6.13. The van der Waals surface area contributed by atoms with Crippen molar-refractivity contribution in [1.82, 2.24) is 15.1 Å². The molecule has 28 heavy (non-hydrogen) atoms. The van der Waals surface area contributed by atoms with Crippen molar-refractivity contribution in [2.45, 2.75) is 18.9 Å². The van der Waals surface area contributed by atoms with E-state index >= 15 is 0 Å². The third-order valence-corrected chi connectivity index (χ3v) is 5.06. The highest BCUT2D eigenvalue weighted by atomic mass is 16.5. The van der Waals surface area contributed by atoms with E-state index in [0.29, 0.717) is 35.3 Å². The van der Waals surface area contributed by atoms with Crippen LogP contribution in [0.4, 0.5) is 11.5 Å². The maximum Gasteiger partial charge on any atom is 0.151 e. The van der Waals surface area contributed by atoms with Crippen molar-refractivity contribution >= 4 is 17.2 Å². The number of piperidine rings is 1. The lowest BCUT2D eigenvalue weighted by Gasteiger charge is -2.32. The van der Waals surface area contributed by atoms with E-state index in [1.807, 2.05) is 25.4 Å². The molecule has 0 atom stereocenters. The third-order valence-electron chi connectivity index (χ3n) is 5.06. The maximum absolute atomic E-state index is 8.64. The van der Waals surface area contributed by atoms with Crippen LogP contribution >= 0.6 is 0 Å². The fourth-order valence-corrected chi connectivity index (χ4v) is 3.40. The SMILES string of the molecule is COc1ccc(N)c(C(=N)c2cc(N3CCC(N/C=C\CN)CC3)nn2C)c1.[HH]. The van der Waals surface area contributed by atoms with Crippen molar-refractivity contribution in [2.75, 3.05) is 37.4 Å². The van der Waals surface area contributed by atoms with Gasteiger partial charge < -0.3 is 26.4 Å². The average molecular weight is 386 g/mol. The van der Waals surface area contributed by atoms with Gasteiger partial charge in [-0.15, -0.1) is 0 Å². The molecule has 2 aromatic rings. The van der Waals surface area contributed by atoms with Gasteiger partial charge in [0.1, 0.15) is 5.75 Å². The number of anilines is 2. The molecule has 1 aromatic carbocycles. The van der Waals surface area contributed by atoms with Crippen molar-refractivity contribution < 1.29 is 6.16 Å². The molecule has 0 aliphatic carbocycles. The highest BCUT2D eigenvalue weighted by Gasteiger charge is 2.22. The van der Waals surface area contributed by atoms with Crippen LogP contribution in [0.3, 0.4) is 0 Å². The van der Waals surface area contributed by atoms with E-state index in [0.717, 1.165) is 37.4 Å². The standard InChI is InChI=1S/C20H29N7O.H2/c1-26-18(20(23)16-12-15(28-2)4-5-17(16)22)13-19(25-26)27-10-6-14(7-11-27)24-9-3-8-21;/h3-5,9,12-14,23-24H,6-8,10-11,21-22H2,1-2H3;1H/b9-3-,23-20?;. The Morgan fingerprint density at radius 2 is 2.14 bits per heavy atom. The van der Waals surface area contributed by atoms with Gasteiger partial charge in [-0.2, -0.15) is 5.10 Å². The van der Waals surface area contributed by atoms with Crippen LogP contribution in [0, 0.1) is 5.41 Å². The van der Waals surface area contributed by atoms with Crippen LogP contribution in [0.5, 0.6) is 5.75 Å². The van der Waals surface area contributed by atoms with E-state index < -0.39 is 0 Å². The van der Waals surface area contributed by atoms with Crippen LogP contribution < -0.4 is 26.4 Å². The van der Waals surface area contributed by atoms with E-state index in [1.165, 1.54) is 0 Å². The summed E-state index contributed by atoms with van der Waals surface area (Å²) < 4.78 is 7.01. The van der Waals surface area contributed by atoms with Crippen LogP contribution in [-0.4, -0.2) is 48.3 Å². The maximum atomic E-state index is 8.64. The number of methoxy groups -OCH3 is 1. The summed E-state index contributed by atoms with van der Waals surface area (Å²) in [7, 11) is 3.46. The minimum Gasteiger partial charge on any atom is -0.497 e. The van der Waals surface area contributed by atoms with Crippen molar-refractivity contribution in [3.8, 4) is 5.75 Å². The molecular formula is C20H31N7O. The van der Waals surface area contributed by atoms with Crippen LogP contribution in [-0.2, 0) is 7.05 Å². The minimum absolute atomic E-state index is 0. The van der Waals surface area contributed by atoms with Crippen LogP contribution in [0.2, 0.25) is 0 Å². The molecule has 3 rings (SSSR count). The van der Waals surface area contributed by atoms with E-state index in [-0.39, 0.29) is 1.43 Å². The van der Waals surface area contributed by atoms with Gasteiger partial charge in [-0.3, -0.25) is 10.1 Å². The number of benzene rings is 1. The zero-order valence-corrected chi connectivity index (χ0v) is 16.5. The van der Waals surface area contributed by atoms with Gasteiger partial charge in [-0.25, -0.2) is 0 Å². The fourth-order valence-electron chi connectivity index (χ4n) is 3.40. The number of aryl methyl sites for hydroxylation is 1. The van der Waals surface area contributed by atoms with Crippen molar-refractivity contribution in [2.24, 2.45) is 12.8 Å². The van der Waals surface area contributed by atoms with Gasteiger partial charge in [0.2, 0.25) is 0 Å². The number of nitrogens with two attached hydrogens (primary N) is 2. The molecule has 8 heteroatoms. The van der Waals surface area contributed by atoms with Crippen molar-refractivity contribution in [3.63, 3.8) is 0 Å². The van der Waals surface area contributed by atoms with Crippen LogP contribution in [0.1, 0.15) is 25.5 Å². The fraction of sp³-hybridized carbons (Fsp3) is 0.400. The highest BCUT2D eigenvalue weighted by Crippen LogP contribution is 2.25. The summed E-state index contributed by atoms with van der Waals surface area (Å²) in [5.41, 5.74) is 13.8. The molecule has 1 aliphatic rings. The number of ether oxygens (including phenoxy) is 1. The molecule has 8 nitrogen and oxygen atoms in total. The topological polar surface area (TPSA) is 118 Å². The number of hydrogen-bond acceptors (Lipinski definition) is 7. The lowest BCUT2D eigenvalue weighted by Crippen LogP contribution is -2.41. The summed E-state index contributed by atoms with van der Waals surface area (Å²) >= 11 is 0. The largest absolute Gasteiger partial charge is 0.497 e. The summed E-state index contributed by atoms with van der Waals surface area (Å²) in [6, 6.07) is 7.76. The van der Waals surface area contributed by atoms with Gasteiger partial charge >= 0.3 is 0 Å². The Bertz CT molecular complexity index is 857. The number of aromatic nitrogens is 2. The first-order valence-electron chi connectivity index (χ1n) is 9.46. The Balaban J connectivity index is 0.00000300. The van der Waals surface area contributed by atoms with Gasteiger partial charge in [0, 0.05) is 51.5 Å². The molecule has 0 spiro atoms. The number of nitrogens with one attached hydrogen (secondary N) is 2. The number of nitrogens with zero attached hydrogens (tertiary/aromatic N) is 3. The second kappa shape index (κ2) is 8.79. The Morgan fingerprint density at radius 3 is 2.82 bits per heavy atom. The number of hydrogen-bond donors (Lipinski definition) is 4. The molecular weight excluding hydrogens is 354 g/mol. The molecule has 0 unspecified atom stereocenters. The summed E-state index contributed by atoms with van der Waals surface area (Å²) in [6.45, 7) is 2.38. The number of rotatable bonds is 7. The van der Waals surface area contributed by atoms with E-state index in [2.05, 4.69) is 15.3 Å². The summed E-state index contributed by atoms with van der Waals surface area (Å²) in [4.78, 5) is 2.26. The van der Waals surface area contributed by atoms with E-state index in [1.54, 1.807) is 30.0 Å². The van der Waals surface area contributed by atoms with Gasteiger partial charge in [-0.05, 0) is 37.2 Å². The Morgan fingerprint density at radius 1 is 1.39 bits per heavy atom. The molecule has 6 N–H and O–H groups in total. The quantitative estimate of drug-likeness (QED) is 0.426. The zero-order chi connectivity index (χ0) is 20.1. The predicted molar refractivity (Wildman–Crippen MR) is 115 cm³/mol. The molecule has 1 fully saturated rings. The van der Waals surface area contributed by atoms with E-state index in [9.17, 15) is 0 Å². The Labute approximate surface area is 167 Å². The van der Waals surface area contributed by atoms with Crippen molar-refractivity contribution in [3.05, 3.63) is 47.8 Å². The minimum atomic E-state index is 0. The van der Waals surface area contributed by atoms with Crippen LogP contribution in [0.25, 0.3) is 0 Å². The van der Waals surface area contributed by atoms with Gasteiger partial charge in [0.25, 0.3) is 0 Å². The second-order valence-electron chi connectivity index (χ2n) is 6.91. The van der Waals surface area contributed by atoms with Gasteiger partial charge in [0.15, 0.2) is 5.82 Å². The van der Waals surface area contributed by atoms with E-state index in [4.69, 9.17) is 21.6 Å². The second-order valence-corrected chi connectivity index (χ2v) is 6.91. The Hall–Kier alpha value is -3.00. The monoisotopic (exact) mass is 385 g/mol. The van der Waals surface area contributed by atoms with Crippen LogP contribution in [0.15, 0.2) is 36.5 Å². The molecule has 0 saturated carbocycles. The molecule has 0 bridgehead atoms. The summed E-state index contributed by atoms with van der Waals surface area (Å²) in [5, 5.41) is 16.7. The molecule has 1 saturated heterocycles. The molecule has 1 aromatic heterocycles. The Kier molecular flexibility index (Phi) is 6.20. The molecule has 0 radical (unpaired) electrons. The van der Waals surface area contributed by atoms with Gasteiger partial charge in [0.05, 0.1) is 18.5 Å². The van der Waals surface area contributed by atoms with Crippen molar-refractivity contribution in [1.29, 1.82) is 5.41 Å². The first kappa shape index (κ1) is 19.8. The molecule has 1 aliphatic heterocycles. The lowest BCUT2D eigenvalue weighted by molar-refractivity contribution is 0.415. The smallest absolute Gasteiger partial charge is 0.151 e. The predicted octanol–water partition coefficient (Wildman–Crippen LogP) is 1.70.